The van der Waals surface area contributed by atoms with E-state index in [2.05, 4.69) is 48.3 Å². The molecule has 23 heavy (non-hydrogen) atoms. The maximum atomic E-state index is 11.9. The predicted octanol–water partition coefficient (Wildman–Crippen LogP) is 4.12. The van der Waals surface area contributed by atoms with Crippen LogP contribution in [-0.2, 0) is 17.9 Å². The summed E-state index contributed by atoms with van der Waals surface area (Å²) in [6.45, 7) is 8.19. The Bertz CT molecular complexity index is 459. The molecule has 0 atom stereocenters. The summed E-state index contributed by atoms with van der Waals surface area (Å²) in [6, 6.07) is 8.63. The largest absolute Gasteiger partial charge is 0.352 e. The molecular weight excluding hydrogens is 284 g/mol. The van der Waals surface area contributed by atoms with Gasteiger partial charge in [0, 0.05) is 19.5 Å². The third-order valence-electron chi connectivity index (χ3n) is 5.07. The van der Waals surface area contributed by atoms with Gasteiger partial charge in [0.2, 0.25) is 5.91 Å². The molecule has 0 spiro atoms. The molecular formula is C20H32N2O. The smallest absolute Gasteiger partial charge is 0.220 e. The summed E-state index contributed by atoms with van der Waals surface area (Å²) >= 11 is 0. The molecule has 0 radical (unpaired) electrons. The van der Waals surface area contributed by atoms with Gasteiger partial charge >= 0.3 is 0 Å². The highest BCUT2D eigenvalue weighted by molar-refractivity contribution is 5.75. The molecule has 1 saturated carbocycles. The molecule has 1 N–H and O–H groups in total. The number of rotatable bonds is 9. The third kappa shape index (κ3) is 6.34. The van der Waals surface area contributed by atoms with Gasteiger partial charge in [-0.15, -0.1) is 0 Å². The zero-order valence-electron chi connectivity index (χ0n) is 14.8. The Balaban J connectivity index is 1.69. The lowest BCUT2D eigenvalue weighted by atomic mass is 10.0. The van der Waals surface area contributed by atoms with Crippen molar-refractivity contribution < 1.29 is 4.79 Å². The van der Waals surface area contributed by atoms with Gasteiger partial charge in [0.05, 0.1) is 0 Å². The maximum absolute atomic E-state index is 11.9. The summed E-state index contributed by atoms with van der Waals surface area (Å²) in [7, 11) is 0. The van der Waals surface area contributed by atoms with Crippen molar-refractivity contribution in [1.82, 2.24) is 10.2 Å². The van der Waals surface area contributed by atoms with Crippen molar-refractivity contribution in [3.63, 3.8) is 0 Å². The number of carbonyl (C=O) groups excluding carboxylic acids is 1. The van der Waals surface area contributed by atoms with Gasteiger partial charge in [-0.1, -0.05) is 63.8 Å². The number of nitrogens with one attached hydrogen (secondary N) is 1. The van der Waals surface area contributed by atoms with E-state index in [0.717, 1.165) is 32.0 Å². The summed E-state index contributed by atoms with van der Waals surface area (Å²) in [5.41, 5.74) is 2.52. The highest BCUT2D eigenvalue weighted by Gasteiger charge is 2.15. The molecule has 1 aliphatic carbocycles. The SMILES string of the molecule is CCN(CC)Cc1ccc(CNC(=O)CCC2CCCC2)cc1. The van der Waals surface area contributed by atoms with Crippen molar-refractivity contribution in [3.05, 3.63) is 35.4 Å². The Morgan fingerprint density at radius 3 is 2.30 bits per heavy atom. The van der Waals surface area contributed by atoms with Gasteiger partial charge in [-0.25, -0.2) is 0 Å². The van der Waals surface area contributed by atoms with Gasteiger partial charge < -0.3 is 5.32 Å². The summed E-state index contributed by atoms with van der Waals surface area (Å²) in [4.78, 5) is 14.3. The van der Waals surface area contributed by atoms with Crippen LogP contribution in [0.1, 0.15) is 63.5 Å². The molecule has 128 valence electrons. The Morgan fingerprint density at radius 2 is 1.70 bits per heavy atom. The van der Waals surface area contributed by atoms with Gasteiger partial charge in [-0.2, -0.15) is 0 Å². The average molecular weight is 316 g/mol. The quantitative estimate of drug-likeness (QED) is 0.743. The fourth-order valence-corrected chi connectivity index (χ4v) is 3.39. The van der Waals surface area contributed by atoms with Crippen LogP contribution < -0.4 is 5.32 Å². The summed E-state index contributed by atoms with van der Waals surface area (Å²) < 4.78 is 0. The van der Waals surface area contributed by atoms with Crippen molar-refractivity contribution in [2.24, 2.45) is 5.92 Å². The fourth-order valence-electron chi connectivity index (χ4n) is 3.39. The Hall–Kier alpha value is -1.35. The molecule has 1 amide bonds. The lowest BCUT2D eigenvalue weighted by Gasteiger charge is -2.18. The molecule has 3 nitrogen and oxygen atoms in total. The van der Waals surface area contributed by atoms with Crippen molar-refractivity contribution in [1.29, 1.82) is 0 Å². The first-order valence-corrected chi connectivity index (χ1v) is 9.28. The zero-order chi connectivity index (χ0) is 16.5. The number of hydrogen-bond donors (Lipinski definition) is 1. The van der Waals surface area contributed by atoms with Crippen LogP contribution in [0, 0.1) is 5.92 Å². The molecule has 0 heterocycles. The van der Waals surface area contributed by atoms with E-state index in [4.69, 9.17) is 0 Å². The van der Waals surface area contributed by atoms with Gasteiger partial charge in [0.15, 0.2) is 0 Å². The van der Waals surface area contributed by atoms with Gasteiger partial charge in [-0.05, 0) is 36.6 Å². The number of hydrogen-bond acceptors (Lipinski definition) is 2. The van der Waals surface area contributed by atoms with E-state index in [1.807, 2.05) is 0 Å². The van der Waals surface area contributed by atoms with Crippen molar-refractivity contribution in [2.75, 3.05) is 13.1 Å². The minimum atomic E-state index is 0.198. The predicted molar refractivity (Wildman–Crippen MR) is 96.1 cm³/mol. The van der Waals surface area contributed by atoms with E-state index in [0.29, 0.717) is 13.0 Å². The van der Waals surface area contributed by atoms with Crippen LogP contribution in [0.2, 0.25) is 0 Å². The summed E-state index contributed by atoms with van der Waals surface area (Å²) in [5, 5.41) is 3.06. The molecule has 0 aliphatic heterocycles. The second-order valence-electron chi connectivity index (χ2n) is 6.74. The number of carbonyl (C=O) groups is 1. The average Bonchev–Trinajstić information content (AvgIpc) is 3.10. The van der Waals surface area contributed by atoms with Crippen LogP contribution in [0.3, 0.4) is 0 Å². The molecule has 0 saturated heterocycles. The van der Waals surface area contributed by atoms with E-state index in [9.17, 15) is 4.79 Å². The highest BCUT2D eigenvalue weighted by Crippen LogP contribution is 2.28. The lowest BCUT2D eigenvalue weighted by Crippen LogP contribution is -2.23. The van der Waals surface area contributed by atoms with Crippen LogP contribution in [0.4, 0.5) is 0 Å². The van der Waals surface area contributed by atoms with E-state index >= 15 is 0 Å². The minimum absolute atomic E-state index is 0.198. The highest BCUT2D eigenvalue weighted by atomic mass is 16.1. The molecule has 0 unspecified atom stereocenters. The topological polar surface area (TPSA) is 32.3 Å². The van der Waals surface area contributed by atoms with Gasteiger partial charge in [-0.3, -0.25) is 9.69 Å². The van der Waals surface area contributed by atoms with Crippen LogP contribution in [-0.4, -0.2) is 23.9 Å². The second-order valence-corrected chi connectivity index (χ2v) is 6.74. The lowest BCUT2D eigenvalue weighted by molar-refractivity contribution is -0.121. The standard InChI is InChI=1S/C20H32N2O/c1-3-22(4-2)16-19-11-9-18(10-12-19)15-21-20(23)14-13-17-7-5-6-8-17/h9-12,17H,3-8,13-16H2,1-2H3,(H,21,23). The molecule has 1 aromatic rings. The summed E-state index contributed by atoms with van der Waals surface area (Å²) in [6.07, 6.45) is 7.10. The van der Waals surface area contributed by atoms with E-state index in [-0.39, 0.29) is 5.91 Å². The minimum Gasteiger partial charge on any atom is -0.352 e. The number of benzene rings is 1. The van der Waals surface area contributed by atoms with Crippen LogP contribution >= 0.6 is 0 Å². The normalized spacial score (nSPS) is 15.3. The van der Waals surface area contributed by atoms with Gasteiger partial charge in [0.1, 0.15) is 0 Å². The molecule has 1 aliphatic rings. The zero-order valence-corrected chi connectivity index (χ0v) is 14.8. The van der Waals surface area contributed by atoms with Crippen LogP contribution in [0.5, 0.6) is 0 Å². The summed E-state index contributed by atoms with van der Waals surface area (Å²) in [5.74, 6) is 0.990. The number of amides is 1. The van der Waals surface area contributed by atoms with E-state index in [1.165, 1.54) is 36.8 Å². The maximum Gasteiger partial charge on any atom is 0.220 e. The number of nitrogens with zero attached hydrogens (tertiary/aromatic N) is 1. The van der Waals surface area contributed by atoms with Crippen molar-refractivity contribution in [3.8, 4) is 0 Å². The first-order chi connectivity index (χ1) is 11.2. The Labute approximate surface area is 141 Å². The Kier molecular flexibility index (Phi) is 7.60. The second kappa shape index (κ2) is 9.71. The molecule has 0 aromatic heterocycles. The molecule has 3 heteroatoms. The molecule has 1 aromatic carbocycles. The van der Waals surface area contributed by atoms with Crippen LogP contribution in [0.15, 0.2) is 24.3 Å². The molecule has 1 fully saturated rings. The Morgan fingerprint density at radius 1 is 1.09 bits per heavy atom. The van der Waals surface area contributed by atoms with E-state index < -0.39 is 0 Å². The first-order valence-electron chi connectivity index (χ1n) is 9.28. The van der Waals surface area contributed by atoms with Crippen molar-refractivity contribution >= 4 is 5.91 Å². The fraction of sp³-hybridized carbons (Fsp3) is 0.650. The first kappa shape index (κ1) is 18.0. The van der Waals surface area contributed by atoms with Crippen molar-refractivity contribution in [2.45, 2.75) is 65.5 Å². The molecule has 0 bridgehead atoms. The monoisotopic (exact) mass is 316 g/mol. The van der Waals surface area contributed by atoms with E-state index in [1.54, 1.807) is 0 Å². The third-order valence-corrected chi connectivity index (χ3v) is 5.07. The molecule has 2 rings (SSSR count). The van der Waals surface area contributed by atoms with Gasteiger partial charge in [0.25, 0.3) is 0 Å². The van der Waals surface area contributed by atoms with Crippen LogP contribution in [0.25, 0.3) is 0 Å².